The van der Waals surface area contributed by atoms with E-state index in [0.717, 1.165) is 24.3 Å². The van der Waals surface area contributed by atoms with Crippen molar-refractivity contribution < 1.29 is 19.1 Å². The van der Waals surface area contributed by atoms with E-state index in [1.165, 1.54) is 12.3 Å². The van der Waals surface area contributed by atoms with Crippen molar-refractivity contribution in [2.75, 3.05) is 48.8 Å². The van der Waals surface area contributed by atoms with Crippen molar-refractivity contribution in [1.82, 2.24) is 14.9 Å². The maximum atomic E-state index is 12.1. The number of rotatable bonds is 9. The van der Waals surface area contributed by atoms with E-state index < -0.39 is 5.91 Å². The molecule has 4 rings (SSSR count). The van der Waals surface area contributed by atoms with E-state index in [1.54, 1.807) is 26.2 Å². The second-order valence-corrected chi connectivity index (χ2v) is 8.95. The monoisotopic (exact) mass is 529 g/mol. The highest BCUT2D eigenvalue weighted by atomic mass is 16.5. The Balaban J connectivity index is 1.57. The largest absolute Gasteiger partial charge is 0.494 e. The van der Waals surface area contributed by atoms with Crippen molar-refractivity contribution in [3.63, 3.8) is 0 Å². The number of carbonyl (C=O) groups excluding carboxylic acids is 3. The summed E-state index contributed by atoms with van der Waals surface area (Å²) in [7, 11) is 1.58. The number of carbonyl (C=O) groups is 3. The van der Waals surface area contributed by atoms with Crippen molar-refractivity contribution in [2.45, 2.75) is 13.3 Å². The number of ether oxygens (including phenoxy) is 1. The number of amides is 3. The Labute approximate surface area is 226 Å². The third kappa shape index (κ3) is 6.50. The minimum atomic E-state index is -0.657. The first-order valence-corrected chi connectivity index (χ1v) is 12.4. The van der Waals surface area contributed by atoms with E-state index in [0.29, 0.717) is 35.9 Å². The lowest BCUT2D eigenvalue weighted by molar-refractivity contribution is -0.129. The van der Waals surface area contributed by atoms with Gasteiger partial charge in [0.25, 0.3) is 5.91 Å². The Morgan fingerprint density at radius 2 is 1.85 bits per heavy atom. The molecule has 1 fully saturated rings. The summed E-state index contributed by atoms with van der Waals surface area (Å²) < 4.78 is 5.63. The van der Waals surface area contributed by atoms with Gasteiger partial charge in [-0.15, -0.1) is 0 Å². The predicted octanol–water partition coefficient (Wildman–Crippen LogP) is 2.71. The molecule has 1 saturated heterocycles. The molecule has 3 aromatic rings. The van der Waals surface area contributed by atoms with Crippen molar-refractivity contribution >= 4 is 40.7 Å². The highest BCUT2D eigenvalue weighted by molar-refractivity contribution is 5.99. The zero-order chi connectivity index (χ0) is 27.9. The van der Waals surface area contributed by atoms with Crippen LogP contribution < -0.4 is 26.0 Å². The van der Waals surface area contributed by atoms with E-state index in [2.05, 4.69) is 32.1 Å². The van der Waals surface area contributed by atoms with E-state index >= 15 is 0 Å². The number of nitrogens with two attached hydrogens (primary N) is 1. The second kappa shape index (κ2) is 12.1. The highest BCUT2D eigenvalue weighted by Crippen LogP contribution is 2.32. The molecule has 1 aliphatic heterocycles. The van der Waals surface area contributed by atoms with Gasteiger partial charge in [0.2, 0.25) is 17.8 Å². The van der Waals surface area contributed by atoms with Gasteiger partial charge in [-0.1, -0.05) is 24.8 Å². The molecule has 0 saturated carbocycles. The Morgan fingerprint density at radius 3 is 2.51 bits per heavy atom. The minimum absolute atomic E-state index is 0.0819. The number of piperazine rings is 1. The lowest BCUT2D eigenvalue weighted by Crippen LogP contribution is -2.48. The van der Waals surface area contributed by atoms with Gasteiger partial charge >= 0.3 is 0 Å². The molecule has 0 atom stereocenters. The average Bonchev–Trinajstić information content (AvgIpc) is 2.94. The van der Waals surface area contributed by atoms with Gasteiger partial charge in [-0.05, 0) is 29.8 Å². The molecule has 0 unspecified atom stereocenters. The first-order valence-electron chi connectivity index (χ1n) is 12.4. The number of anilines is 4. The fraction of sp³-hybridized carbons (Fsp3) is 0.250. The molecule has 3 amide bonds. The van der Waals surface area contributed by atoms with Gasteiger partial charge in [0.15, 0.2) is 0 Å². The Bertz CT molecular complexity index is 1400. The molecule has 0 bridgehead atoms. The van der Waals surface area contributed by atoms with Gasteiger partial charge in [-0.3, -0.25) is 14.4 Å². The zero-order valence-corrected chi connectivity index (χ0v) is 21.9. The third-order valence-corrected chi connectivity index (χ3v) is 6.47. The number of hydrogen-bond donors (Lipinski definition) is 3. The van der Waals surface area contributed by atoms with Gasteiger partial charge in [0.1, 0.15) is 5.75 Å². The van der Waals surface area contributed by atoms with Crippen molar-refractivity contribution in [3.8, 4) is 5.75 Å². The fourth-order valence-electron chi connectivity index (χ4n) is 4.36. The maximum Gasteiger partial charge on any atom is 0.252 e. The van der Waals surface area contributed by atoms with Crippen LogP contribution in [-0.4, -0.2) is 65.9 Å². The number of aromatic nitrogens is 2. The van der Waals surface area contributed by atoms with Crippen molar-refractivity contribution in [3.05, 3.63) is 78.1 Å². The lowest BCUT2D eigenvalue weighted by atomic mass is 10.0. The van der Waals surface area contributed by atoms with E-state index in [1.807, 2.05) is 35.2 Å². The smallest absolute Gasteiger partial charge is 0.252 e. The topological polar surface area (TPSA) is 143 Å². The summed E-state index contributed by atoms with van der Waals surface area (Å²) in [6.07, 6.45) is 2.79. The molecular formula is C28H31N7O4. The van der Waals surface area contributed by atoms with Crippen molar-refractivity contribution in [1.29, 1.82) is 0 Å². The molecule has 2 aromatic carbocycles. The number of benzene rings is 2. The van der Waals surface area contributed by atoms with Gasteiger partial charge in [0, 0.05) is 63.2 Å². The third-order valence-electron chi connectivity index (χ3n) is 6.47. The van der Waals surface area contributed by atoms with Crippen LogP contribution in [0.25, 0.3) is 0 Å². The number of para-hydroxylation sites is 1. The van der Waals surface area contributed by atoms with Crippen LogP contribution in [0, 0.1) is 0 Å². The van der Waals surface area contributed by atoms with Crippen LogP contribution in [0.2, 0.25) is 0 Å². The first kappa shape index (κ1) is 27.1. The maximum absolute atomic E-state index is 12.1. The number of primary amides is 1. The molecular weight excluding hydrogens is 498 g/mol. The predicted molar refractivity (Wildman–Crippen MR) is 149 cm³/mol. The van der Waals surface area contributed by atoms with Crippen LogP contribution >= 0.6 is 0 Å². The molecule has 202 valence electrons. The summed E-state index contributed by atoms with van der Waals surface area (Å²) >= 11 is 0. The van der Waals surface area contributed by atoms with Crippen LogP contribution in [0.4, 0.5) is 23.0 Å². The summed E-state index contributed by atoms with van der Waals surface area (Å²) in [6, 6.07) is 13.0. The standard InChI is InChI=1S/C28H31N7O4/c1-4-26(37)31-22-8-6-5-7-19(22)15-24-21(27(29)38)17-30-28(33-24)32-23-10-9-20(16-25(23)39-3)35-13-11-34(12-14-35)18(2)36/h4-10,16-17H,1,11-15H2,2-3H3,(H2,29,38)(H,31,37)(H,30,32,33). The van der Waals surface area contributed by atoms with Gasteiger partial charge in [-0.25, -0.2) is 9.97 Å². The minimum Gasteiger partial charge on any atom is -0.494 e. The molecule has 1 aliphatic rings. The molecule has 11 heteroatoms. The molecule has 11 nitrogen and oxygen atoms in total. The Kier molecular flexibility index (Phi) is 8.40. The van der Waals surface area contributed by atoms with Gasteiger partial charge < -0.3 is 30.9 Å². The number of methoxy groups -OCH3 is 1. The quantitative estimate of drug-likeness (QED) is 0.359. The SMILES string of the molecule is C=CC(=O)Nc1ccccc1Cc1nc(Nc2ccc(N3CCN(C(C)=O)CC3)cc2OC)ncc1C(N)=O. The summed E-state index contributed by atoms with van der Waals surface area (Å²) in [6.45, 7) is 7.86. The van der Waals surface area contributed by atoms with E-state index in [4.69, 9.17) is 10.5 Å². The summed E-state index contributed by atoms with van der Waals surface area (Å²) in [5.41, 5.74) is 9.11. The lowest BCUT2D eigenvalue weighted by Gasteiger charge is -2.35. The zero-order valence-electron chi connectivity index (χ0n) is 21.9. The van der Waals surface area contributed by atoms with Crippen molar-refractivity contribution in [2.24, 2.45) is 5.73 Å². The van der Waals surface area contributed by atoms with Crippen LogP contribution in [0.15, 0.2) is 61.3 Å². The summed E-state index contributed by atoms with van der Waals surface area (Å²) in [5, 5.41) is 5.94. The van der Waals surface area contributed by atoms with Crippen LogP contribution in [0.3, 0.4) is 0 Å². The average molecular weight is 530 g/mol. The molecule has 1 aromatic heterocycles. The first-order chi connectivity index (χ1) is 18.8. The summed E-state index contributed by atoms with van der Waals surface area (Å²) in [5.74, 6) is -0.0832. The van der Waals surface area contributed by atoms with Gasteiger partial charge in [-0.2, -0.15) is 0 Å². The molecule has 0 aliphatic carbocycles. The molecule has 0 radical (unpaired) electrons. The fourth-order valence-corrected chi connectivity index (χ4v) is 4.36. The molecule has 39 heavy (non-hydrogen) atoms. The molecule has 4 N–H and O–H groups in total. The number of nitrogens with zero attached hydrogens (tertiary/aromatic N) is 4. The second-order valence-electron chi connectivity index (χ2n) is 8.95. The normalized spacial score (nSPS) is 13.0. The van der Waals surface area contributed by atoms with Crippen LogP contribution in [-0.2, 0) is 16.0 Å². The number of hydrogen-bond acceptors (Lipinski definition) is 8. The molecule has 0 spiro atoms. The van der Waals surface area contributed by atoms with Crippen LogP contribution in [0.1, 0.15) is 28.5 Å². The Morgan fingerprint density at radius 1 is 1.10 bits per heavy atom. The van der Waals surface area contributed by atoms with E-state index in [9.17, 15) is 14.4 Å². The highest BCUT2D eigenvalue weighted by Gasteiger charge is 2.20. The Hall–Kier alpha value is -4.93. The van der Waals surface area contributed by atoms with Gasteiger partial charge in [0.05, 0.1) is 24.1 Å². The molecule has 2 heterocycles. The summed E-state index contributed by atoms with van der Waals surface area (Å²) in [4.78, 5) is 48.5. The van der Waals surface area contributed by atoms with E-state index in [-0.39, 0.29) is 29.7 Å². The van der Waals surface area contributed by atoms with Crippen LogP contribution in [0.5, 0.6) is 5.75 Å². The number of nitrogens with one attached hydrogen (secondary N) is 2.